The van der Waals surface area contributed by atoms with Crippen LogP contribution in [0.5, 0.6) is 0 Å². The fraction of sp³-hybridized carbons (Fsp3) is 0.600. The highest BCUT2D eigenvalue weighted by atomic mass is 32.3. The van der Waals surface area contributed by atoms with Crippen LogP contribution in [0.2, 0.25) is 0 Å². The number of carbonyl (C=O) groups excluding carboxylic acids is 2. The highest BCUT2D eigenvalue weighted by Gasteiger charge is 2.51. The lowest BCUT2D eigenvalue weighted by atomic mass is 9.83. The molecule has 0 spiro atoms. The van der Waals surface area contributed by atoms with E-state index in [2.05, 4.69) is 34.6 Å². The van der Waals surface area contributed by atoms with Crippen LogP contribution in [-0.4, -0.2) is 56.8 Å². The van der Waals surface area contributed by atoms with Crippen LogP contribution in [0.1, 0.15) is 64.3 Å². The number of aromatic nitrogens is 2. The number of fused-ring (bicyclic) bond motifs is 1. The number of allylic oxidation sites excluding steroid dienone is 5. The minimum absolute atomic E-state index is 0.0846. The molecule has 0 atom stereocenters. The van der Waals surface area contributed by atoms with Crippen LogP contribution in [0.3, 0.4) is 0 Å². The Morgan fingerprint density at radius 1 is 1.18 bits per heavy atom. The molecule has 2 heterocycles. The summed E-state index contributed by atoms with van der Waals surface area (Å²) in [5, 5.41) is 6.06. The van der Waals surface area contributed by atoms with E-state index in [4.69, 9.17) is 0 Å². The molecule has 1 fully saturated rings. The maximum atomic E-state index is 14.5. The molecular weight excluding hydrogens is 453 g/mol. The van der Waals surface area contributed by atoms with Gasteiger partial charge in [-0.2, -0.15) is 4.79 Å². The summed E-state index contributed by atoms with van der Waals surface area (Å²) >= 11 is 0. The second-order valence-corrected chi connectivity index (χ2v) is 15.4. The summed E-state index contributed by atoms with van der Waals surface area (Å²) in [6.45, 7) is 6.40. The maximum Gasteiger partial charge on any atom is 0.322 e. The van der Waals surface area contributed by atoms with E-state index in [9.17, 15) is 14.0 Å². The molecule has 4 rings (SSSR count). The quantitative estimate of drug-likeness (QED) is 0.530. The van der Waals surface area contributed by atoms with Gasteiger partial charge in [-0.05, 0) is 71.3 Å². The lowest BCUT2D eigenvalue weighted by Crippen LogP contribution is -2.58. The second-order valence-electron chi connectivity index (χ2n) is 11.0. The van der Waals surface area contributed by atoms with Crippen molar-refractivity contribution in [2.45, 2.75) is 69.6 Å². The van der Waals surface area contributed by atoms with Gasteiger partial charge in [0.05, 0.1) is 27.4 Å². The minimum Gasteiger partial charge on any atom is -0.313 e. The fourth-order valence-electron chi connectivity index (χ4n) is 5.14. The van der Waals surface area contributed by atoms with Crippen molar-refractivity contribution >= 4 is 22.0 Å². The van der Waals surface area contributed by atoms with Gasteiger partial charge in [0.25, 0.3) is 5.91 Å². The van der Waals surface area contributed by atoms with Gasteiger partial charge in [0.15, 0.2) is 0 Å². The summed E-state index contributed by atoms with van der Waals surface area (Å²) in [4.78, 5) is 29.8. The average molecular weight is 492 g/mol. The van der Waals surface area contributed by atoms with Crippen LogP contribution in [-0.2, 0) is 16.8 Å². The number of nitrogens with zero attached hydrogens (tertiary/aromatic N) is 2. The van der Waals surface area contributed by atoms with Gasteiger partial charge in [-0.25, -0.2) is 24.6 Å². The summed E-state index contributed by atoms with van der Waals surface area (Å²) in [7, 11) is -1.04. The molecule has 9 heteroatoms. The Hall–Kier alpha value is -2.42. The lowest BCUT2D eigenvalue weighted by Gasteiger charge is -2.53. The van der Waals surface area contributed by atoms with Gasteiger partial charge in [0.2, 0.25) is 0 Å². The smallest absolute Gasteiger partial charge is 0.313 e. The van der Waals surface area contributed by atoms with E-state index in [0.29, 0.717) is 25.8 Å². The summed E-state index contributed by atoms with van der Waals surface area (Å²) in [5.41, 5.74) is 5.79. The van der Waals surface area contributed by atoms with Crippen LogP contribution in [0, 0.1) is 0 Å². The first-order valence-corrected chi connectivity index (χ1v) is 14.8. The molecule has 0 saturated heterocycles. The largest absolute Gasteiger partial charge is 0.322 e. The molecule has 3 aliphatic rings. The van der Waals surface area contributed by atoms with Gasteiger partial charge >= 0.3 is 6.03 Å². The maximum absolute atomic E-state index is 14.5. The van der Waals surface area contributed by atoms with Gasteiger partial charge in [0.1, 0.15) is 5.83 Å². The number of aromatic amines is 1. The third kappa shape index (κ3) is 4.12. The van der Waals surface area contributed by atoms with Crippen LogP contribution < -0.4 is 10.7 Å². The number of H-pyrrole nitrogens is 1. The summed E-state index contributed by atoms with van der Waals surface area (Å²) in [6, 6.07) is -0.323. The minimum atomic E-state index is -1.04. The molecule has 1 saturated carbocycles. The van der Waals surface area contributed by atoms with E-state index in [1.807, 2.05) is 26.8 Å². The monoisotopic (exact) mass is 491 g/mol. The van der Waals surface area contributed by atoms with Crippen molar-refractivity contribution in [1.29, 1.82) is 0 Å². The molecule has 3 N–H and O–H groups in total. The van der Waals surface area contributed by atoms with E-state index in [1.165, 1.54) is 6.08 Å². The third-order valence-electron chi connectivity index (χ3n) is 7.75. The van der Waals surface area contributed by atoms with Crippen molar-refractivity contribution in [3.63, 3.8) is 0 Å². The molecule has 1 aliphatic heterocycles. The number of halogens is 1. The standard InChI is InChI=1S/C25H38FN5O2S/c1-17-9-7-10-18(26)19(12-11-17)27-23(33)30-16-13-20-21(24(30,2)3)28-31(20)29-22(32)25(14-8-15-25)34(4,5)6/h7,10-11,28H,8-9,12-16H2,1-6H3,(H,27,33)(H,29,32)/b10-7-,17-11-,19-18-. The summed E-state index contributed by atoms with van der Waals surface area (Å²) < 4.78 is 14.3. The van der Waals surface area contributed by atoms with Gasteiger partial charge in [-0.3, -0.25) is 9.89 Å². The Bertz CT molecular complexity index is 1080. The van der Waals surface area contributed by atoms with E-state index in [0.717, 1.165) is 36.2 Å². The Morgan fingerprint density at radius 2 is 1.88 bits per heavy atom. The highest BCUT2D eigenvalue weighted by Crippen LogP contribution is 2.60. The van der Waals surface area contributed by atoms with Crippen molar-refractivity contribution in [2.24, 2.45) is 0 Å². The van der Waals surface area contributed by atoms with Crippen LogP contribution in [0.4, 0.5) is 9.18 Å². The number of nitrogens with one attached hydrogen (secondary N) is 3. The SMILES string of the molecule is C/C1=C/C/C(NC(=O)N2CCc3c([nH]n3NC(=O)C3(S(C)(C)C)CCC3)C2(C)C)=C(F)\C=C/C1. The molecule has 7 nitrogen and oxygen atoms in total. The molecule has 0 bridgehead atoms. The molecule has 188 valence electrons. The molecule has 0 aromatic carbocycles. The Kier molecular flexibility index (Phi) is 6.29. The molecule has 0 radical (unpaired) electrons. The molecule has 1 aromatic heterocycles. The number of hydrogen-bond donors (Lipinski definition) is 3. The van der Waals surface area contributed by atoms with E-state index < -0.39 is 21.4 Å². The van der Waals surface area contributed by atoms with Gasteiger partial charge in [-0.1, -0.05) is 17.7 Å². The fourth-order valence-corrected chi connectivity index (χ4v) is 7.26. The average Bonchev–Trinajstić information content (AvgIpc) is 2.66. The second kappa shape index (κ2) is 8.66. The summed E-state index contributed by atoms with van der Waals surface area (Å²) in [6.07, 6.45) is 16.4. The topological polar surface area (TPSA) is 82.2 Å². The number of hydrogen-bond acceptors (Lipinski definition) is 2. The molecule has 0 unspecified atom stereocenters. The first kappa shape index (κ1) is 24.7. The predicted octanol–water partition coefficient (Wildman–Crippen LogP) is 4.78. The first-order chi connectivity index (χ1) is 15.9. The molecule has 3 amide bonds. The van der Waals surface area contributed by atoms with Gasteiger partial charge in [0, 0.05) is 19.4 Å². The van der Waals surface area contributed by atoms with Gasteiger partial charge in [-0.15, -0.1) is 0 Å². The van der Waals surface area contributed by atoms with Crippen molar-refractivity contribution in [1.82, 2.24) is 20.1 Å². The van der Waals surface area contributed by atoms with Crippen molar-refractivity contribution < 1.29 is 14.0 Å². The zero-order chi connectivity index (χ0) is 24.9. The van der Waals surface area contributed by atoms with Crippen molar-refractivity contribution in [3.8, 4) is 0 Å². The molecule has 1 aromatic rings. The number of rotatable bonds is 4. The zero-order valence-corrected chi connectivity index (χ0v) is 22.0. The molecular formula is C25H38FN5O2S. The van der Waals surface area contributed by atoms with Crippen LogP contribution in [0.15, 0.2) is 35.3 Å². The molecule has 34 heavy (non-hydrogen) atoms. The number of carbonyl (C=O) groups is 2. The van der Waals surface area contributed by atoms with Crippen LogP contribution in [0.25, 0.3) is 0 Å². The first-order valence-electron chi connectivity index (χ1n) is 12.0. The Morgan fingerprint density at radius 3 is 2.50 bits per heavy atom. The zero-order valence-electron chi connectivity index (χ0n) is 21.2. The van der Waals surface area contributed by atoms with Crippen LogP contribution >= 0.6 is 10.0 Å². The third-order valence-corrected chi connectivity index (χ3v) is 10.7. The highest BCUT2D eigenvalue weighted by molar-refractivity contribution is 8.33. The number of urea groups is 1. The lowest BCUT2D eigenvalue weighted by molar-refractivity contribution is -0.121. The summed E-state index contributed by atoms with van der Waals surface area (Å²) in [5.74, 6) is -0.324. The van der Waals surface area contributed by atoms with E-state index in [1.54, 1.807) is 15.8 Å². The Balaban J connectivity index is 1.48. The van der Waals surface area contributed by atoms with E-state index >= 15 is 0 Å². The Labute approximate surface area is 203 Å². The van der Waals surface area contributed by atoms with E-state index in [-0.39, 0.29) is 22.4 Å². The predicted molar refractivity (Wildman–Crippen MR) is 137 cm³/mol. The normalized spacial score (nSPS) is 26.8. The number of amides is 3. The molecule has 2 aliphatic carbocycles. The van der Waals surface area contributed by atoms with Crippen molar-refractivity contribution in [2.75, 3.05) is 30.7 Å². The van der Waals surface area contributed by atoms with Gasteiger partial charge < -0.3 is 10.2 Å². The van der Waals surface area contributed by atoms with Crippen molar-refractivity contribution in [3.05, 3.63) is 46.7 Å².